The van der Waals surface area contributed by atoms with Crippen molar-refractivity contribution in [2.24, 2.45) is 0 Å². The van der Waals surface area contributed by atoms with E-state index in [1.54, 1.807) is 12.1 Å². The van der Waals surface area contributed by atoms with Crippen LogP contribution in [0.1, 0.15) is 23.9 Å². The Labute approximate surface area is 122 Å². The fourth-order valence-corrected chi connectivity index (χ4v) is 2.01. The number of hydrogen-bond acceptors (Lipinski definition) is 6. The van der Waals surface area contributed by atoms with E-state index in [1.165, 1.54) is 6.07 Å². The predicted octanol–water partition coefficient (Wildman–Crippen LogP) is 3.21. The fraction of sp³-hybridized carbons (Fsp3) is 0.357. The molecular formula is C14H17N3O4. The minimum absolute atomic E-state index is 0.0206. The van der Waals surface area contributed by atoms with Crippen molar-refractivity contribution in [2.45, 2.75) is 27.3 Å². The van der Waals surface area contributed by atoms with Crippen LogP contribution in [0.5, 0.6) is 5.75 Å². The Balaban J connectivity index is 2.21. The Hall–Kier alpha value is -2.57. The van der Waals surface area contributed by atoms with Crippen molar-refractivity contribution >= 4 is 11.4 Å². The average Bonchev–Trinajstić information content (AvgIpc) is 2.77. The standard InChI is InChI=1S/C14H17N3O4/c1-4-20-11-5-6-13(14(7-11)17(18)19)15-8-12-9(2)16-21-10(12)3/h5-7,15H,4,8H2,1-3H3. The number of aryl methyl sites for hydroxylation is 2. The molecule has 2 rings (SSSR count). The van der Waals surface area contributed by atoms with Crippen LogP contribution in [0, 0.1) is 24.0 Å². The number of nitro groups is 1. The van der Waals surface area contributed by atoms with Gasteiger partial charge in [-0.3, -0.25) is 10.1 Å². The number of aromatic nitrogens is 1. The predicted molar refractivity (Wildman–Crippen MR) is 77.6 cm³/mol. The molecule has 0 radical (unpaired) electrons. The highest BCUT2D eigenvalue weighted by molar-refractivity contribution is 5.64. The van der Waals surface area contributed by atoms with Crippen LogP contribution in [0.4, 0.5) is 11.4 Å². The molecular weight excluding hydrogens is 274 g/mol. The molecule has 7 nitrogen and oxygen atoms in total. The van der Waals surface area contributed by atoms with Gasteiger partial charge in [0.25, 0.3) is 5.69 Å². The summed E-state index contributed by atoms with van der Waals surface area (Å²) in [6.07, 6.45) is 0. The second kappa shape index (κ2) is 6.25. The minimum atomic E-state index is -0.432. The van der Waals surface area contributed by atoms with Gasteiger partial charge in [-0.05, 0) is 32.9 Å². The fourth-order valence-electron chi connectivity index (χ4n) is 2.01. The average molecular weight is 291 g/mol. The van der Waals surface area contributed by atoms with Gasteiger partial charge in [0.15, 0.2) is 0 Å². The topological polar surface area (TPSA) is 90.4 Å². The van der Waals surface area contributed by atoms with E-state index >= 15 is 0 Å². The van der Waals surface area contributed by atoms with E-state index in [0.717, 1.165) is 11.3 Å². The molecule has 0 spiro atoms. The molecule has 2 aromatic rings. The van der Waals surface area contributed by atoms with Crippen LogP contribution < -0.4 is 10.1 Å². The smallest absolute Gasteiger partial charge is 0.296 e. The van der Waals surface area contributed by atoms with Gasteiger partial charge >= 0.3 is 0 Å². The van der Waals surface area contributed by atoms with E-state index in [1.807, 2.05) is 20.8 Å². The molecule has 21 heavy (non-hydrogen) atoms. The molecule has 0 aliphatic rings. The van der Waals surface area contributed by atoms with Gasteiger partial charge in [-0.1, -0.05) is 5.16 Å². The molecule has 0 amide bonds. The van der Waals surface area contributed by atoms with Crippen LogP contribution in [-0.2, 0) is 6.54 Å². The van der Waals surface area contributed by atoms with Crippen LogP contribution in [0.3, 0.4) is 0 Å². The van der Waals surface area contributed by atoms with Crippen LogP contribution in [0.2, 0.25) is 0 Å². The largest absolute Gasteiger partial charge is 0.494 e. The molecule has 0 aliphatic heterocycles. The summed E-state index contributed by atoms with van der Waals surface area (Å²) in [4.78, 5) is 10.7. The number of anilines is 1. The zero-order valence-corrected chi connectivity index (χ0v) is 12.2. The number of nitrogens with zero attached hydrogens (tertiary/aromatic N) is 2. The van der Waals surface area contributed by atoms with Gasteiger partial charge in [0, 0.05) is 12.1 Å². The maximum Gasteiger partial charge on any atom is 0.296 e. The van der Waals surface area contributed by atoms with E-state index < -0.39 is 4.92 Å². The summed E-state index contributed by atoms with van der Waals surface area (Å²) in [7, 11) is 0. The summed E-state index contributed by atoms with van der Waals surface area (Å²) in [6.45, 7) is 6.35. The van der Waals surface area contributed by atoms with Crippen molar-refractivity contribution in [3.05, 3.63) is 45.3 Å². The first-order valence-electron chi connectivity index (χ1n) is 6.59. The van der Waals surface area contributed by atoms with Crippen LogP contribution in [0.25, 0.3) is 0 Å². The third kappa shape index (κ3) is 3.31. The number of rotatable bonds is 6. The summed E-state index contributed by atoms with van der Waals surface area (Å²) >= 11 is 0. The number of nitro benzene ring substituents is 1. The Morgan fingerprint density at radius 1 is 1.43 bits per heavy atom. The summed E-state index contributed by atoms with van der Waals surface area (Å²) < 4.78 is 10.4. The van der Waals surface area contributed by atoms with Crippen molar-refractivity contribution in [3.63, 3.8) is 0 Å². The number of benzene rings is 1. The lowest BCUT2D eigenvalue weighted by atomic mass is 10.2. The van der Waals surface area contributed by atoms with Crippen molar-refractivity contribution < 1.29 is 14.2 Å². The summed E-state index contributed by atoms with van der Waals surface area (Å²) in [6, 6.07) is 4.76. The maximum atomic E-state index is 11.2. The lowest BCUT2D eigenvalue weighted by molar-refractivity contribution is -0.384. The van der Waals surface area contributed by atoms with Gasteiger partial charge in [-0.15, -0.1) is 0 Å². The van der Waals surface area contributed by atoms with Crippen molar-refractivity contribution in [2.75, 3.05) is 11.9 Å². The molecule has 1 N–H and O–H groups in total. The van der Waals surface area contributed by atoms with Crippen molar-refractivity contribution in [3.8, 4) is 5.75 Å². The first-order valence-corrected chi connectivity index (χ1v) is 6.59. The number of nitrogens with one attached hydrogen (secondary N) is 1. The van der Waals surface area contributed by atoms with Gasteiger partial charge in [0.2, 0.25) is 0 Å². The zero-order chi connectivity index (χ0) is 15.4. The van der Waals surface area contributed by atoms with Gasteiger partial charge in [0.05, 0.1) is 23.3 Å². The summed E-state index contributed by atoms with van der Waals surface area (Å²) in [5.41, 5.74) is 2.09. The number of hydrogen-bond donors (Lipinski definition) is 1. The highest BCUT2D eigenvalue weighted by atomic mass is 16.6. The molecule has 0 bridgehead atoms. The van der Waals surface area contributed by atoms with Crippen molar-refractivity contribution in [1.29, 1.82) is 0 Å². The van der Waals surface area contributed by atoms with E-state index in [9.17, 15) is 10.1 Å². The molecule has 1 aromatic heterocycles. The molecule has 0 unspecified atom stereocenters. The molecule has 7 heteroatoms. The van der Waals surface area contributed by atoms with E-state index in [2.05, 4.69) is 10.5 Å². The number of ether oxygens (including phenoxy) is 1. The molecule has 0 saturated heterocycles. The van der Waals surface area contributed by atoms with Gasteiger partial charge in [-0.2, -0.15) is 0 Å². The van der Waals surface area contributed by atoms with Gasteiger partial charge in [-0.25, -0.2) is 0 Å². The van der Waals surface area contributed by atoms with E-state index in [0.29, 0.717) is 30.3 Å². The van der Waals surface area contributed by atoms with Crippen molar-refractivity contribution in [1.82, 2.24) is 5.16 Å². The van der Waals surface area contributed by atoms with Crippen LogP contribution >= 0.6 is 0 Å². The van der Waals surface area contributed by atoms with Crippen LogP contribution in [0.15, 0.2) is 22.7 Å². The van der Waals surface area contributed by atoms with Crippen LogP contribution in [-0.4, -0.2) is 16.7 Å². The molecule has 0 aliphatic carbocycles. The SMILES string of the molecule is CCOc1ccc(NCc2c(C)noc2C)c([N+](=O)[O-])c1. The third-order valence-electron chi connectivity index (χ3n) is 3.11. The monoisotopic (exact) mass is 291 g/mol. The maximum absolute atomic E-state index is 11.2. The second-order valence-corrected chi connectivity index (χ2v) is 4.53. The van der Waals surface area contributed by atoms with E-state index in [-0.39, 0.29) is 5.69 Å². The highest BCUT2D eigenvalue weighted by Crippen LogP contribution is 2.29. The molecule has 0 atom stereocenters. The Kier molecular flexibility index (Phi) is 4.42. The molecule has 0 saturated carbocycles. The molecule has 1 aromatic carbocycles. The lowest BCUT2D eigenvalue weighted by Crippen LogP contribution is -2.04. The minimum Gasteiger partial charge on any atom is -0.494 e. The normalized spacial score (nSPS) is 10.4. The Morgan fingerprint density at radius 2 is 2.19 bits per heavy atom. The highest BCUT2D eigenvalue weighted by Gasteiger charge is 2.16. The first-order chi connectivity index (χ1) is 10.0. The molecule has 112 valence electrons. The Bertz CT molecular complexity index is 632. The lowest BCUT2D eigenvalue weighted by Gasteiger charge is -2.09. The van der Waals surface area contributed by atoms with Gasteiger partial charge in [0.1, 0.15) is 17.2 Å². The summed E-state index contributed by atoms with van der Waals surface area (Å²) in [5.74, 6) is 1.18. The molecule has 0 fully saturated rings. The van der Waals surface area contributed by atoms with E-state index in [4.69, 9.17) is 9.26 Å². The Morgan fingerprint density at radius 3 is 2.76 bits per heavy atom. The second-order valence-electron chi connectivity index (χ2n) is 4.53. The third-order valence-corrected chi connectivity index (χ3v) is 3.11. The molecule has 1 heterocycles. The zero-order valence-electron chi connectivity index (χ0n) is 12.2. The first kappa shape index (κ1) is 14.8. The van der Waals surface area contributed by atoms with Gasteiger partial charge < -0.3 is 14.6 Å². The summed E-state index contributed by atoms with van der Waals surface area (Å²) in [5, 5.41) is 18.1. The quantitative estimate of drug-likeness (QED) is 0.649.